The molecule has 111 valence electrons. The van der Waals surface area contributed by atoms with Crippen molar-refractivity contribution in [2.24, 2.45) is 0 Å². The molecule has 21 heavy (non-hydrogen) atoms. The maximum atomic E-state index is 12.2. The summed E-state index contributed by atoms with van der Waals surface area (Å²) >= 11 is 0. The lowest BCUT2D eigenvalue weighted by atomic mass is 10.1. The summed E-state index contributed by atoms with van der Waals surface area (Å²) in [5.41, 5.74) is 1.72. The van der Waals surface area contributed by atoms with Gasteiger partial charge in [-0.2, -0.15) is 0 Å². The number of urea groups is 1. The maximum Gasteiger partial charge on any atom is 0.328 e. The molecule has 0 spiro atoms. The number of hydrogen-bond donors (Lipinski definition) is 2. The van der Waals surface area contributed by atoms with Gasteiger partial charge >= 0.3 is 12.4 Å². The quantitative estimate of drug-likeness (QED) is 0.829. The van der Waals surface area contributed by atoms with E-state index in [9.17, 15) is 14.4 Å². The Hall–Kier alpha value is -2.37. The van der Waals surface area contributed by atoms with Gasteiger partial charge in [0, 0.05) is 12.2 Å². The summed E-state index contributed by atoms with van der Waals surface area (Å²) in [6.45, 7) is 2.31. The Balaban J connectivity index is 2.07. The van der Waals surface area contributed by atoms with Gasteiger partial charge in [-0.15, -0.1) is 0 Å². The predicted octanol–water partition coefficient (Wildman–Crippen LogP) is 1.56. The molecule has 1 radical (unpaired) electrons. The molecule has 1 aliphatic rings. The predicted molar refractivity (Wildman–Crippen MR) is 78.4 cm³/mol. The van der Waals surface area contributed by atoms with Crippen molar-refractivity contribution < 1.29 is 14.4 Å². The molecule has 6 heteroatoms. The highest BCUT2D eigenvalue weighted by Crippen LogP contribution is 2.15. The van der Waals surface area contributed by atoms with Crippen molar-refractivity contribution >= 4 is 24.0 Å². The van der Waals surface area contributed by atoms with Gasteiger partial charge in [0.1, 0.15) is 6.04 Å². The Kier molecular flexibility index (Phi) is 4.92. The molecule has 1 saturated heterocycles. The summed E-state index contributed by atoms with van der Waals surface area (Å²) in [4.78, 5) is 36.1. The first kappa shape index (κ1) is 15.0. The molecule has 0 bridgehead atoms. The van der Waals surface area contributed by atoms with E-state index in [4.69, 9.17) is 0 Å². The van der Waals surface area contributed by atoms with Gasteiger partial charge < -0.3 is 10.6 Å². The number of amides is 4. The fraction of sp³-hybridized carbons (Fsp3) is 0.400. The van der Waals surface area contributed by atoms with Crippen LogP contribution < -0.4 is 10.6 Å². The highest BCUT2D eigenvalue weighted by molar-refractivity contribution is 6.03. The van der Waals surface area contributed by atoms with Crippen LogP contribution in [0.5, 0.6) is 0 Å². The van der Waals surface area contributed by atoms with Crippen LogP contribution in [-0.4, -0.2) is 35.8 Å². The second-order valence-electron chi connectivity index (χ2n) is 5.08. The van der Waals surface area contributed by atoms with Gasteiger partial charge in [-0.25, -0.2) is 4.79 Å². The molecule has 4 amide bonds. The van der Waals surface area contributed by atoms with Crippen LogP contribution in [0.3, 0.4) is 0 Å². The number of imide groups is 1. The molecule has 0 aliphatic carbocycles. The van der Waals surface area contributed by atoms with E-state index >= 15 is 0 Å². The lowest BCUT2D eigenvalue weighted by Crippen LogP contribution is -2.48. The molecule has 1 heterocycles. The van der Waals surface area contributed by atoms with Crippen LogP contribution in [-0.2, 0) is 9.59 Å². The van der Waals surface area contributed by atoms with Crippen molar-refractivity contribution in [2.75, 3.05) is 11.9 Å². The number of rotatable bonds is 3. The summed E-state index contributed by atoms with van der Waals surface area (Å²) in [5, 5.41) is 5.05. The zero-order valence-electron chi connectivity index (χ0n) is 11.9. The third-order valence-electron chi connectivity index (χ3n) is 3.47. The third kappa shape index (κ3) is 3.81. The number of anilines is 1. The average Bonchev–Trinajstić information content (AvgIpc) is 2.65. The van der Waals surface area contributed by atoms with Crippen LogP contribution in [0.4, 0.5) is 10.5 Å². The third-order valence-corrected chi connectivity index (χ3v) is 3.47. The minimum atomic E-state index is -0.672. The molecule has 0 saturated carbocycles. The number of nitrogens with one attached hydrogen (secondary N) is 2. The first-order chi connectivity index (χ1) is 10.1. The standard InChI is InChI=1S/C15H18N3O3/c1-11-5-7-12(8-6-11)17-15(21)18-9-3-2-4-13(14(18)20)16-10-19/h5-8,13H,2-4,9H2,1H3,(H,16,19)(H,17,21)/t13-/m0/s1. The molecule has 2 N–H and O–H groups in total. The van der Waals surface area contributed by atoms with Gasteiger partial charge in [0.05, 0.1) is 0 Å². The Bertz CT molecular complexity index is 527. The van der Waals surface area contributed by atoms with Gasteiger partial charge in [0.25, 0.3) is 5.91 Å². The molecule has 1 aliphatic heterocycles. The van der Waals surface area contributed by atoms with Gasteiger partial charge in [-0.3, -0.25) is 14.5 Å². The summed E-state index contributed by atoms with van der Waals surface area (Å²) < 4.78 is 0. The monoisotopic (exact) mass is 288 g/mol. The van der Waals surface area contributed by atoms with Gasteiger partial charge in [-0.05, 0) is 38.3 Å². The molecular formula is C15H18N3O3. The number of benzene rings is 1. The molecule has 0 aromatic heterocycles. The summed E-state index contributed by atoms with van der Waals surface area (Å²) in [7, 11) is 0. The summed E-state index contributed by atoms with van der Waals surface area (Å²) in [6.07, 6.45) is 3.57. The molecule has 1 aromatic rings. The van der Waals surface area contributed by atoms with Crippen LogP contribution in [0.2, 0.25) is 0 Å². The Labute approximate surface area is 123 Å². The van der Waals surface area contributed by atoms with Crippen molar-refractivity contribution in [1.29, 1.82) is 0 Å². The first-order valence-electron chi connectivity index (χ1n) is 6.93. The highest BCUT2D eigenvalue weighted by Gasteiger charge is 2.30. The summed E-state index contributed by atoms with van der Waals surface area (Å²) in [6, 6.07) is 6.18. The van der Waals surface area contributed by atoms with E-state index in [1.165, 1.54) is 6.41 Å². The minimum Gasteiger partial charge on any atom is -0.336 e. The van der Waals surface area contributed by atoms with Crippen LogP contribution in [0.1, 0.15) is 24.8 Å². The summed E-state index contributed by atoms with van der Waals surface area (Å²) in [5.74, 6) is -0.388. The second-order valence-corrected chi connectivity index (χ2v) is 5.08. The van der Waals surface area contributed by atoms with Crippen LogP contribution in [0.25, 0.3) is 0 Å². The van der Waals surface area contributed by atoms with Crippen molar-refractivity contribution in [1.82, 2.24) is 10.2 Å². The van der Waals surface area contributed by atoms with Crippen molar-refractivity contribution in [3.63, 3.8) is 0 Å². The van der Waals surface area contributed by atoms with Crippen molar-refractivity contribution in [3.8, 4) is 0 Å². The lowest BCUT2D eigenvalue weighted by molar-refractivity contribution is -0.129. The van der Waals surface area contributed by atoms with Gasteiger partial charge in [-0.1, -0.05) is 17.7 Å². The minimum absolute atomic E-state index is 0.355. The number of nitrogens with zero attached hydrogens (tertiary/aromatic N) is 1. The number of aryl methyl sites for hydroxylation is 1. The second kappa shape index (κ2) is 6.88. The number of carbonyl (C=O) groups is 2. The maximum absolute atomic E-state index is 12.2. The van der Waals surface area contributed by atoms with E-state index in [2.05, 4.69) is 10.6 Å². The van der Waals surface area contributed by atoms with Crippen LogP contribution in [0, 0.1) is 6.92 Å². The average molecular weight is 288 g/mol. The number of hydrogen-bond acceptors (Lipinski definition) is 3. The zero-order chi connectivity index (χ0) is 15.2. The largest absolute Gasteiger partial charge is 0.336 e. The zero-order valence-corrected chi connectivity index (χ0v) is 11.9. The van der Waals surface area contributed by atoms with Crippen LogP contribution in [0.15, 0.2) is 24.3 Å². The van der Waals surface area contributed by atoms with E-state index in [0.717, 1.165) is 23.3 Å². The molecule has 6 nitrogen and oxygen atoms in total. The normalized spacial score (nSPS) is 18.8. The van der Waals surface area contributed by atoms with E-state index < -0.39 is 12.1 Å². The molecule has 1 aromatic carbocycles. The molecular weight excluding hydrogens is 270 g/mol. The SMILES string of the molecule is Cc1ccc(NC(=O)N2CCCC[C@H](N[C]=O)C2=O)cc1. The smallest absolute Gasteiger partial charge is 0.328 e. The van der Waals surface area contributed by atoms with Gasteiger partial charge in [0.15, 0.2) is 0 Å². The van der Waals surface area contributed by atoms with E-state index in [1.807, 2.05) is 19.1 Å². The molecule has 0 unspecified atom stereocenters. The lowest BCUT2D eigenvalue weighted by Gasteiger charge is -2.22. The highest BCUT2D eigenvalue weighted by atomic mass is 16.2. The van der Waals surface area contributed by atoms with E-state index in [-0.39, 0.29) is 5.91 Å². The van der Waals surface area contributed by atoms with Crippen molar-refractivity contribution in [2.45, 2.75) is 32.2 Å². The fourth-order valence-corrected chi connectivity index (χ4v) is 2.27. The Morgan fingerprint density at radius 3 is 2.67 bits per heavy atom. The van der Waals surface area contributed by atoms with E-state index in [0.29, 0.717) is 18.7 Å². The molecule has 1 atom stereocenters. The first-order valence-corrected chi connectivity index (χ1v) is 6.93. The van der Waals surface area contributed by atoms with Crippen LogP contribution >= 0.6 is 0 Å². The Morgan fingerprint density at radius 2 is 2.00 bits per heavy atom. The fourth-order valence-electron chi connectivity index (χ4n) is 2.27. The molecule has 1 fully saturated rings. The van der Waals surface area contributed by atoms with Gasteiger partial charge in [0.2, 0.25) is 0 Å². The molecule has 2 rings (SSSR count). The number of likely N-dealkylation sites (tertiary alicyclic amines) is 1. The van der Waals surface area contributed by atoms with E-state index in [1.54, 1.807) is 12.1 Å². The topological polar surface area (TPSA) is 78.5 Å². The number of carbonyl (C=O) groups excluding carboxylic acids is 3. The van der Waals surface area contributed by atoms with Crippen molar-refractivity contribution in [3.05, 3.63) is 29.8 Å². The Morgan fingerprint density at radius 1 is 1.29 bits per heavy atom.